The lowest BCUT2D eigenvalue weighted by Gasteiger charge is -2.44. The lowest BCUT2D eigenvalue weighted by atomic mass is 9.72. The lowest BCUT2D eigenvalue weighted by Crippen LogP contribution is -2.42. The topological polar surface area (TPSA) is 77.5 Å². The van der Waals surface area contributed by atoms with Gasteiger partial charge in [-0.3, -0.25) is 0 Å². The molecule has 8 nitrogen and oxygen atoms in total. The summed E-state index contributed by atoms with van der Waals surface area (Å²) in [7, 11) is 4.17. The van der Waals surface area contributed by atoms with Gasteiger partial charge in [0.15, 0.2) is 11.2 Å². The molecule has 0 saturated heterocycles. The third-order valence-electron chi connectivity index (χ3n) is 13.2. The van der Waals surface area contributed by atoms with Crippen molar-refractivity contribution in [3.63, 3.8) is 0 Å². The van der Waals surface area contributed by atoms with Gasteiger partial charge < -0.3 is 28.7 Å². The van der Waals surface area contributed by atoms with Gasteiger partial charge in [-0.15, -0.1) is 0 Å². The fourth-order valence-corrected chi connectivity index (χ4v) is 10.1. The number of ether oxygens (including phenoxy) is 4. The van der Waals surface area contributed by atoms with Crippen LogP contribution in [0.4, 0.5) is 11.4 Å². The summed E-state index contributed by atoms with van der Waals surface area (Å²) in [6.45, 7) is 13.0. The maximum Gasteiger partial charge on any atom is 0.340 e. The summed E-state index contributed by atoms with van der Waals surface area (Å²) >= 11 is 0. The zero-order valence-electron chi connectivity index (χ0n) is 32.6. The Morgan fingerprint density at radius 3 is 1.27 bits per heavy atom. The molecule has 8 heteroatoms. The van der Waals surface area contributed by atoms with Gasteiger partial charge in [-0.25, -0.2) is 9.59 Å². The second kappa shape index (κ2) is 10.3. The Morgan fingerprint density at radius 1 is 0.464 bits per heavy atom. The zero-order valence-corrected chi connectivity index (χ0v) is 32.6. The number of hydrogen-bond donors (Lipinski definition) is 0. The number of anilines is 2. The van der Waals surface area contributed by atoms with Gasteiger partial charge in [-0.1, -0.05) is 48.6 Å². The summed E-state index contributed by atoms with van der Waals surface area (Å²) in [6.07, 6.45) is 4.52. The lowest BCUT2D eigenvalue weighted by molar-refractivity contribution is 0.0208. The van der Waals surface area contributed by atoms with Crippen LogP contribution in [0.5, 0.6) is 23.0 Å². The number of hydrogen-bond acceptors (Lipinski definition) is 8. The van der Waals surface area contributed by atoms with Crippen molar-refractivity contribution in [3.05, 3.63) is 153 Å². The van der Waals surface area contributed by atoms with Gasteiger partial charge in [0.05, 0.1) is 22.2 Å². The molecule has 6 aliphatic heterocycles. The van der Waals surface area contributed by atoms with E-state index in [9.17, 15) is 9.59 Å². The van der Waals surface area contributed by atoms with Crippen LogP contribution in [0.15, 0.2) is 97.1 Å². The highest BCUT2D eigenvalue weighted by molar-refractivity contribution is 5.99. The molecule has 0 fully saturated rings. The van der Waals surface area contributed by atoms with Gasteiger partial charge in [0, 0.05) is 88.2 Å². The maximum absolute atomic E-state index is 14.0. The van der Waals surface area contributed by atoms with Crippen molar-refractivity contribution in [2.45, 2.75) is 63.8 Å². The van der Waals surface area contributed by atoms with E-state index in [0.29, 0.717) is 45.3 Å². The first-order valence-electron chi connectivity index (χ1n) is 19.1. The molecule has 0 saturated carbocycles. The van der Waals surface area contributed by atoms with E-state index in [2.05, 4.69) is 102 Å². The zero-order chi connectivity index (χ0) is 38.8. The van der Waals surface area contributed by atoms with Gasteiger partial charge in [0.2, 0.25) is 0 Å². The van der Waals surface area contributed by atoms with E-state index in [1.807, 2.05) is 60.7 Å². The molecule has 0 bridgehead atoms. The number of likely N-dealkylation sites (N-methyl/N-ethyl adjacent to an activating group) is 2. The molecule has 0 aromatic heterocycles. The van der Waals surface area contributed by atoms with Crippen LogP contribution in [0.2, 0.25) is 0 Å². The van der Waals surface area contributed by atoms with Crippen LogP contribution < -0.4 is 19.3 Å². The number of rotatable bonds is 0. The van der Waals surface area contributed by atoms with Crippen molar-refractivity contribution in [3.8, 4) is 23.0 Å². The molecular formula is C48H40N2O6. The Labute approximate surface area is 325 Å². The monoisotopic (exact) mass is 740 g/mol. The van der Waals surface area contributed by atoms with Gasteiger partial charge in [-0.05, 0) is 83.0 Å². The van der Waals surface area contributed by atoms with Crippen LogP contribution in [-0.4, -0.2) is 37.1 Å². The summed E-state index contributed by atoms with van der Waals surface area (Å²) in [5, 5.41) is 0. The van der Waals surface area contributed by atoms with Crippen molar-refractivity contribution in [1.29, 1.82) is 0 Å². The molecule has 2 atom stereocenters. The highest BCUT2D eigenvalue weighted by Gasteiger charge is 2.58. The highest BCUT2D eigenvalue weighted by Crippen LogP contribution is 2.63. The second-order valence-electron chi connectivity index (χ2n) is 17.1. The second-order valence-corrected chi connectivity index (χ2v) is 17.1. The Hall–Kier alpha value is -6.28. The molecule has 11 rings (SSSR count). The standard InChI is InChI=1S/C48H40N2O6/c1-25-23-45(3,4)49(7)37-20-39-33(17-29(25)37)47(31-15-11-9-13-27(31)43(51)55-47)35-19-36-42(22-41(35)53-39)54-40-21-38-30(26(2)24-46(5,6)50(38)8)18-34(40)48(36)32-16-12-10-14-28(32)44(52)56-48/h9-24H,1-8H3. The third-order valence-corrected chi connectivity index (χ3v) is 13.2. The Morgan fingerprint density at radius 2 is 0.839 bits per heavy atom. The first-order chi connectivity index (χ1) is 26.7. The SMILES string of the molecule is CC1=CC(C)(C)N(C)c2cc3c(cc21)C1(OC(=O)c2ccccc21)c1cc2c(cc1O3)Oc1cc3c(cc1C21OC(=O)c2ccccc21)C(C)=CC(C)(C)N3C. The molecule has 0 N–H and O–H groups in total. The minimum atomic E-state index is -1.38. The summed E-state index contributed by atoms with van der Waals surface area (Å²) in [6, 6.07) is 27.3. The molecule has 5 aromatic rings. The predicted octanol–water partition coefficient (Wildman–Crippen LogP) is 10.1. The van der Waals surface area contributed by atoms with E-state index in [1.54, 1.807) is 0 Å². The molecule has 0 radical (unpaired) electrons. The van der Waals surface area contributed by atoms with Crippen molar-refractivity contribution in [2.24, 2.45) is 0 Å². The predicted molar refractivity (Wildman–Crippen MR) is 215 cm³/mol. The number of allylic oxidation sites excluding steroid dienone is 2. The number of nitrogens with zero attached hydrogens (tertiary/aromatic N) is 2. The molecule has 6 aliphatic rings. The number of fused-ring (bicyclic) bond motifs is 14. The molecule has 2 spiro atoms. The number of carbonyl (C=O) groups is 2. The Balaban J connectivity index is 1.22. The first-order valence-corrected chi connectivity index (χ1v) is 19.1. The fourth-order valence-electron chi connectivity index (χ4n) is 10.1. The smallest absolute Gasteiger partial charge is 0.340 e. The van der Waals surface area contributed by atoms with E-state index < -0.39 is 23.1 Å². The third kappa shape index (κ3) is 3.89. The van der Waals surface area contributed by atoms with Crippen LogP contribution in [-0.2, 0) is 20.7 Å². The summed E-state index contributed by atoms with van der Waals surface area (Å²) in [5.41, 5.74) is 8.22. The van der Waals surface area contributed by atoms with E-state index >= 15 is 0 Å². The van der Waals surface area contributed by atoms with E-state index in [4.69, 9.17) is 18.9 Å². The molecular weight excluding hydrogens is 701 g/mol. The first kappa shape index (κ1) is 33.1. The number of carbonyl (C=O) groups excluding carboxylic acids is 2. The Kier molecular flexibility index (Phi) is 6.09. The molecule has 56 heavy (non-hydrogen) atoms. The van der Waals surface area contributed by atoms with E-state index in [0.717, 1.165) is 55.9 Å². The highest BCUT2D eigenvalue weighted by atomic mass is 16.6. The maximum atomic E-state index is 14.0. The normalized spacial score (nSPS) is 23.5. The Bertz CT molecular complexity index is 2590. The van der Waals surface area contributed by atoms with Crippen molar-refractivity contribution < 1.29 is 28.5 Å². The van der Waals surface area contributed by atoms with Crippen LogP contribution in [0, 0.1) is 0 Å². The van der Waals surface area contributed by atoms with E-state index in [1.165, 1.54) is 0 Å². The van der Waals surface area contributed by atoms with Crippen molar-refractivity contribution >= 4 is 34.5 Å². The molecule has 6 heterocycles. The minimum absolute atomic E-state index is 0.234. The summed E-state index contributed by atoms with van der Waals surface area (Å²) in [4.78, 5) is 32.5. The fraction of sp³-hybridized carbons (Fsp3) is 0.250. The average Bonchev–Trinajstić information content (AvgIpc) is 3.63. The molecule has 5 aromatic carbocycles. The molecule has 0 aliphatic carbocycles. The molecule has 0 amide bonds. The van der Waals surface area contributed by atoms with Gasteiger partial charge in [-0.2, -0.15) is 0 Å². The average molecular weight is 741 g/mol. The number of benzene rings is 5. The van der Waals surface area contributed by atoms with Crippen LogP contribution in [0.1, 0.15) is 107 Å². The van der Waals surface area contributed by atoms with Crippen molar-refractivity contribution in [1.82, 2.24) is 0 Å². The summed E-state index contributed by atoms with van der Waals surface area (Å²) in [5.74, 6) is 1.29. The quantitative estimate of drug-likeness (QED) is 0.145. The van der Waals surface area contributed by atoms with Gasteiger partial charge in [0.1, 0.15) is 23.0 Å². The number of esters is 2. The molecule has 278 valence electrons. The molecule has 2 unspecified atom stereocenters. The van der Waals surface area contributed by atoms with Crippen molar-refractivity contribution in [2.75, 3.05) is 23.9 Å². The van der Waals surface area contributed by atoms with E-state index in [-0.39, 0.29) is 11.1 Å². The van der Waals surface area contributed by atoms with Crippen LogP contribution in [0.25, 0.3) is 11.1 Å². The van der Waals surface area contributed by atoms with Crippen LogP contribution in [0.3, 0.4) is 0 Å². The van der Waals surface area contributed by atoms with Gasteiger partial charge >= 0.3 is 11.9 Å². The minimum Gasteiger partial charge on any atom is -0.456 e. The van der Waals surface area contributed by atoms with Crippen LogP contribution >= 0.6 is 0 Å². The largest absolute Gasteiger partial charge is 0.456 e. The van der Waals surface area contributed by atoms with Gasteiger partial charge in [0.25, 0.3) is 0 Å². The summed E-state index contributed by atoms with van der Waals surface area (Å²) < 4.78 is 27.3.